The van der Waals surface area contributed by atoms with Crippen LogP contribution < -0.4 is 11.1 Å². The molecule has 0 saturated carbocycles. The highest BCUT2D eigenvalue weighted by atomic mass is 35.5. The van der Waals surface area contributed by atoms with Gasteiger partial charge in [0.2, 0.25) is 5.91 Å². The lowest BCUT2D eigenvalue weighted by Gasteiger charge is -2.00. The van der Waals surface area contributed by atoms with Gasteiger partial charge in [0, 0.05) is 12.6 Å². The minimum Gasteiger partial charge on any atom is -0.389 e. The maximum atomic E-state index is 11.2. The number of nitrogens with one attached hydrogen (secondary N) is 1. The van der Waals surface area contributed by atoms with Gasteiger partial charge in [0.1, 0.15) is 10.7 Å². The van der Waals surface area contributed by atoms with Crippen molar-refractivity contribution in [3.63, 3.8) is 0 Å². The Morgan fingerprint density at radius 2 is 2.26 bits per heavy atom. The second-order valence-corrected chi connectivity index (χ2v) is 6.29. The van der Waals surface area contributed by atoms with Gasteiger partial charge in [-0.15, -0.1) is 0 Å². The van der Waals surface area contributed by atoms with Gasteiger partial charge in [0.25, 0.3) is 0 Å². The van der Waals surface area contributed by atoms with Crippen LogP contribution in [0.1, 0.15) is 0 Å². The summed E-state index contributed by atoms with van der Waals surface area (Å²) in [5.41, 5.74) is 7.45. The Balaban J connectivity index is 2.22. The number of benzene rings is 1. The number of carbonyl (C=O) groups is 1. The molecular weight excluding hydrogens is 302 g/mol. The van der Waals surface area contributed by atoms with Crippen LogP contribution >= 0.6 is 34.7 Å². The van der Waals surface area contributed by atoms with Crippen LogP contribution in [0.25, 0.3) is 11.3 Å². The fraction of sp³-hybridized carbons (Fsp3) is 0.167. The molecule has 1 amide bonds. The minimum atomic E-state index is -0.0435. The predicted octanol–water partition coefficient (Wildman–Crippen LogP) is 2.88. The van der Waals surface area contributed by atoms with Gasteiger partial charge in [-0.1, -0.05) is 52.9 Å². The number of carbonyl (C=O) groups excluding carboxylic acids is 1. The van der Waals surface area contributed by atoms with E-state index in [1.54, 1.807) is 13.1 Å². The molecule has 1 aromatic heterocycles. The number of thioether (sulfide) groups is 1. The van der Waals surface area contributed by atoms with Crippen molar-refractivity contribution < 1.29 is 4.79 Å². The number of aromatic nitrogens is 1. The van der Waals surface area contributed by atoms with E-state index in [0.29, 0.717) is 21.5 Å². The van der Waals surface area contributed by atoms with E-state index < -0.39 is 0 Å². The van der Waals surface area contributed by atoms with Gasteiger partial charge < -0.3 is 11.1 Å². The molecule has 3 N–H and O–H groups in total. The largest absolute Gasteiger partial charge is 0.389 e. The zero-order valence-corrected chi connectivity index (χ0v) is 12.5. The van der Waals surface area contributed by atoms with Crippen LogP contribution in [-0.2, 0) is 4.79 Å². The van der Waals surface area contributed by atoms with Crippen LogP contribution in [0, 0.1) is 0 Å². The zero-order valence-electron chi connectivity index (χ0n) is 10.1. The molecule has 2 aromatic rings. The van der Waals surface area contributed by atoms with E-state index in [4.69, 9.17) is 17.3 Å². The number of anilines is 1. The third-order valence-electron chi connectivity index (χ3n) is 2.37. The van der Waals surface area contributed by atoms with Crippen molar-refractivity contribution in [3.05, 3.63) is 29.3 Å². The number of halogens is 1. The first-order valence-corrected chi connectivity index (χ1v) is 7.64. The molecule has 0 spiro atoms. The summed E-state index contributed by atoms with van der Waals surface area (Å²) in [4.78, 5) is 15.6. The van der Waals surface area contributed by atoms with Crippen LogP contribution in [-0.4, -0.2) is 23.7 Å². The smallest absolute Gasteiger partial charge is 0.230 e. The zero-order chi connectivity index (χ0) is 13.8. The van der Waals surface area contributed by atoms with Gasteiger partial charge in [-0.25, -0.2) is 4.98 Å². The number of nitrogens with zero attached hydrogens (tertiary/aromatic N) is 1. The number of nitrogens with two attached hydrogens (primary N) is 1. The summed E-state index contributed by atoms with van der Waals surface area (Å²) in [5.74, 6) is 0.281. The second-order valence-electron chi connectivity index (χ2n) is 3.63. The van der Waals surface area contributed by atoms with Crippen LogP contribution in [0.2, 0.25) is 5.02 Å². The van der Waals surface area contributed by atoms with Crippen molar-refractivity contribution in [2.75, 3.05) is 18.5 Å². The molecule has 0 aliphatic carbocycles. The maximum Gasteiger partial charge on any atom is 0.230 e. The minimum absolute atomic E-state index is 0.0435. The van der Waals surface area contributed by atoms with Gasteiger partial charge in [-0.05, 0) is 6.07 Å². The molecule has 100 valence electrons. The van der Waals surface area contributed by atoms with Crippen LogP contribution in [0.15, 0.2) is 28.6 Å². The van der Waals surface area contributed by atoms with Crippen molar-refractivity contribution in [3.8, 4) is 11.3 Å². The van der Waals surface area contributed by atoms with Crippen LogP contribution in [0.3, 0.4) is 0 Å². The summed E-state index contributed by atoms with van der Waals surface area (Å²) in [5, 5.41) is 3.78. The van der Waals surface area contributed by atoms with Crippen LogP contribution in [0.5, 0.6) is 0 Å². The topological polar surface area (TPSA) is 68.0 Å². The van der Waals surface area contributed by atoms with E-state index >= 15 is 0 Å². The summed E-state index contributed by atoms with van der Waals surface area (Å²) >= 11 is 8.85. The highest BCUT2D eigenvalue weighted by Gasteiger charge is 2.14. The van der Waals surface area contributed by atoms with Crippen molar-refractivity contribution in [1.82, 2.24) is 10.3 Å². The number of nitrogen functional groups attached to an aromatic ring is 1. The Bertz CT molecular complexity index is 600. The molecule has 0 fully saturated rings. The molecule has 0 aliphatic rings. The molecule has 0 aliphatic heterocycles. The predicted molar refractivity (Wildman–Crippen MR) is 81.8 cm³/mol. The fourth-order valence-corrected chi connectivity index (χ4v) is 3.46. The standard InChI is InChI=1S/C12H12ClN3OS2/c1-15-9(17)6-18-12-16-10(11(14)19-12)7-4-2-3-5-8(7)13/h2-5H,6,14H2,1H3,(H,15,17). The molecule has 0 unspecified atom stereocenters. The van der Waals surface area contributed by atoms with E-state index in [1.165, 1.54) is 23.1 Å². The van der Waals surface area contributed by atoms with Crippen LogP contribution in [0.4, 0.5) is 5.00 Å². The molecule has 2 rings (SSSR count). The van der Waals surface area contributed by atoms with E-state index in [1.807, 2.05) is 18.2 Å². The highest BCUT2D eigenvalue weighted by Crippen LogP contribution is 2.37. The quantitative estimate of drug-likeness (QED) is 0.852. The third-order valence-corrected chi connectivity index (χ3v) is 4.73. The summed E-state index contributed by atoms with van der Waals surface area (Å²) in [6, 6.07) is 7.42. The van der Waals surface area contributed by atoms with Crippen molar-refractivity contribution in [1.29, 1.82) is 0 Å². The Morgan fingerprint density at radius 1 is 1.53 bits per heavy atom. The van der Waals surface area contributed by atoms with Gasteiger partial charge in [0.15, 0.2) is 4.34 Å². The van der Waals surface area contributed by atoms with E-state index in [9.17, 15) is 4.79 Å². The fourth-order valence-electron chi connectivity index (χ4n) is 1.42. The monoisotopic (exact) mass is 313 g/mol. The second kappa shape index (κ2) is 6.27. The molecule has 1 heterocycles. The van der Waals surface area contributed by atoms with Crippen molar-refractivity contribution in [2.24, 2.45) is 0 Å². The lowest BCUT2D eigenvalue weighted by Crippen LogP contribution is -2.19. The lowest BCUT2D eigenvalue weighted by atomic mass is 10.2. The van der Waals surface area contributed by atoms with E-state index in [0.717, 1.165) is 9.90 Å². The van der Waals surface area contributed by atoms with Crippen molar-refractivity contribution in [2.45, 2.75) is 4.34 Å². The first-order chi connectivity index (χ1) is 9.11. The number of hydrogen-bond donors (Lipinski definition) is 2. The number of thiazole rings is 1. The SMILES string of the molecule is CNC(=O)CSc1nc(-c2ccccc2Cl)c(N)s1. The van der Waals surface area contributed by atoms with Crippen molar-refractivity contribution >= 4 is 45.6 Å². The Hall–Kier alpha value is -1.24. The molecule has 0 bridgehead atoms. The number of rotatable bonds is 4. The summed E-state index contributed by atoms with van der Waals surface area (Å²) < 4.78 is 0.760. The Morgan fingerprint density at radius 3 is 2.95 bits per heavy atom. The molecule has 0 atom stereocenters. The van der Waals surface area contributed by atoms with Gasteiger partial charge in [-0.2, -0.15) is 0 Å². The molecule has 0 saturated heterocycles. The maximum absolute atomic E-state index is 11.2. The molecule has 4 nitrogen and oxygen atoms in total. The Kier molecular flexibility index (Phi) is 4.68. The lowest BCUT2D eigenvalue weighted by molar-refractivity contribution is -0.118. The normalized spacial score (nSPS) is 10.4. The first-order valence-electron chi connectivity index (χ1n) is 5.46. The highest BCUT2D eigenvalue weighted by molar-refractivity contribution is 8.01. The van der Waals surface area contributed by atoms with Gasteiger partial charge >= 0.3 is 0 Å². The summed E-state index contributed by atoms with van der Waals surface area (Å²) in [6.07, 6.45) is 0. The van der Waals surface area contributed by atoms with Gasteiger partial charge in [0.05, 0.1) is 10.8 Å². The third kappa shape index (κ3) is 3.40. The summed E-state index contributed by atoms with van der Waals surface area (Å²) in [6.45, 7) is 0. The first kappa shape index (κ1) is 14.2. The number of hydrogen-bond acceptors (Lipinski definition) is 5. The van der Waals surface area contributed by atoms with Gasteiger partial charge in [-0.3, -0.25) is 4.79 Å². The summed E-state index contributed by atoms with van der Waals surface area (Å²) in [7, 11) is 1.61. The van der Waals surface area contributed by atoms with E-state index in [-0.39, 0.29) is 5.91 Å². The average molecular weight is 314 g/mol. The molecule has 19 heavy (non-hydrogen) atoms. The molecule has 0 radical (unpaired) electrons. The average Bonchev–Trinajstić information content (AvgIpc) is 2.77. The molecule has 1 aromatic carbocycles. The number of amides is 1. The Labute approximate surface area is 124 Å². The molecule has 7 heteroatoms. The van der Waals surface area contributed by atoms with E-state index in [2.05, 4.69) is 10.3 Å². The molecular formula is C12H12ClN3OS2.